The number of H-pyrrole nitrogens is 1. The first kappa shape index (κ1) is 17.1. The zero-order chi connectivity index (χ0) is 18.5. The van der Waals surface area contributed by atoms with Crippen LogP contribution in [0.4, 0.5) is 0 Å². The average molecular weight is 356 g/mol. The van der Waals surface area contributed by atoms with E-state index in [-0.39, 0.29) is 23.4 Å². The Bertz CT molecular complexity index is 856. The number of likely N-dealkylation sites (N-methyl/N-ethyl adjacent to an activating group) is 1. The molecule has 26 heavy (non-hydrogen) atoms. The van der Waals surface area contributed by atoms with E-state index in [9.17, 15) is 14.4 Å². The van der Waals surface area contributed by atoms with Crippen LogP contribution in [-0.2, 0) is 11.3 Å². The molecule has 1 N–H and O–H groups in total. The molecule has 0 aromatic carbocycles. The topological polar surface area (TPSA) is 99.0 Å². The van der Waals surface area contributed by atoms with Crippen molar-refractivity contribution in [2.75, 3.05) is 13.6 Å². The highest BCUT2D eigenvalue weighted by Crippen LogP contribution is 2.60. The van der Waals surface area contributed by atoms with Crippen molar-refractivity contribution in [2.24, 2.45) is 23.2 Å². The molecule has 1 heterocycles. The van der Waals surface area contributed by atoms with E-state index in [1.54, 1.807) is 18.0 Å². The summed E-state index contributed by atoms with van der Waals surface area (Å²) in [4.78, 5) is 40.7. The normalized spacial score (nSPS) is 31.6. The standard InChI is InChI=1S/C19H24N4O3/c1-22(11-19-5-12-2-13(6-19)4-14(3-12)7-19)16(24)10-23-17(25)15(8-20)9-21-18(23)26/h9,12-14H,2-7,10-11H2,1H3,(H,21,26). The Hall–Kier alpha value is -2.36. The van der Waals surface area contributed by atoms with Gasteiger partial charge < -0.3 is 9.88 Å². The van der Waals surface area contributed by atoms with Gasteiger partial charge in [-0.25, -0.2) is 9.36 Å². The van der Waals surface area contributed by atoms with Gasteiger partial charge in [0.25, 0.3) is 5.56 Å². The van der Waals surface area contributed by atoms with Crippen LogP contribution in [-0.4, -0.2) is 34.0 Å². The van der Waals surface area contributed by atoms with Crippen molar-refractivity contribution in [1.82, 2.24) is 14.5 Å². The highest BCUT2D eigenvalue weighted by atomic mass is 16.2. The zero-order valence-corrected chi connectivity index (χ0v) is 15.0. The minimum atomic E-state index is -0.715. The van der Waals surface area contributed by atoms with Gasteiger partial charge in [0.2, 0.25) is 5.91 Å². The Balaban J connectivity index is 1.49. The molecule has 138 valence electrons. The third-order valence-electron chi connectivity index (χ3n) is 6.64. The van der Waals surface area contributed by atoms with Crippen LogP contribution < -0.4 is 11.2 Å². The predicted molar refractivity (Wildman–Crippen MR) is 94.3 cm³/mol. The molecule has 5 rings (SSSR count). The van der Waals surface area contributed by atoms with Gasteiger partial charge in [0.05, 0.1) is 0 Å². The molecule has 1 aromatic heterocycles. The molecular weight excluding hydrogens is 332 g/mol. The fourth-order valence-corrected chi connectivity index (χ4v) is 6.07. The Morgan fingerprint density at radius 1 is 1.27 bits per heavy atom. The first-order valence-electron chi connectivity index (χ1n) is 9.36. The van der Waals surface area contributed by atoms with E-state index < -0.39 is 11.2 Å². The van der Waals surface area contributed by atoms with E-state index in [2.05, 4.69) is 4.98 Å². The largest absolute Gasteiger partial charge is 0.344 e. The van der Waals surface area contributed by atoms with Gasteiger partial charge in [-0.2, -0.15) is 5.26 Å². The number of amides is 1. The molecule has 0 radical (unpaired) electrons. The second kappa shape index (κ2) is 6.11. The number of carbonyl (C=O) groups is 1. The summed E-state index contributed by atoms with van der Waals surface area (Å²) in [6.07, 6.45) is 8.72. The fourth-order valence-electron chi connectivity index (χ4n) is 6.07. The van der Waals surface area contributed by atoms with Crippen LogP contribution in [0.5, 0.6) is 0 Å². The third-order valence-corrected chi connectivity index (χ3v) is 6.64. The van der Waals surface area contributed by atoms with E-state index >= 15 is 0 Å². The lowest BCUT2D eigenvalue weighted by Gasteiger charge is -2.57. The molecule has 4 aliphatic carbocycles. The summed E-state index contributed by atoms with van der Waals surface area (Å²) < 4.78 is 0.817. The molecule has 7 nitrogen and oxygen atoms in total. The second-order valence-electron chi connectivity index (χ2n) is 8.68. The van der Waals surface area contributed by atoms with E-state index in [0.29, 0.717) is 6.54 Å². The van der Waals surface area contributed by atoms with Crippen LogP contribution in [0.2, 0.25) is 0 Å². The smallest absolute Gasteiger partial charge is 0.328 e. The summed E-state index contributed by atoms with van der Waals surface area (Å²) in [6.45, 7) is 0.368. The highest BCUT2D eigenvalue weighted by Gasteiger charge is 2.51. The van der Waals surface area contributed by atoms with Crippen molar-refractivity contribution < 1.29 is 4.79 Å². The number of nitriles is 1. The van der Waals surface area contributed by atoms with Crippen LogP contribution in [0.15, 0.2) is 15.8 Å². The Morgan fingerprint density at radius 2 is 1.85 bits per heavy atom. The van der Waals surface area contributed by atoms with Crippen molar-refractivity contribution in [1.29, 1.82) is 5.26 Å². The number of hydrogen-bond donors (Lipinski definition) is 1. The summed E-state index contributed by atoms with van der Waals surface area (Å²) in [5.41, 5.74) is -1.33. The molecule has 1 amide bonds. The lowest BCUT2D eigenvalue weighted by Crippen LogP contribution is -2.52. The predicted octanol–water partition coefficient (Wildman–Crippen LogP) is 1.08. The van der Waals surface area contributed by atoms with Gasteiger partial charge in [-0.05, 0) is 61.7 Å². The molecule has 0 saturated heterocycles. The number of nitrogens with zero attached hydrogens (tertiary/aromatic N) is 3. The summed E-state index contributed by atoms with van der Waals surface area (Å²) >= 11 is 0. The van der Waals surface area contributed by atoms with E-state index in [1.807, 2.05) is 0 Å². The number of aromatic amines is 1. The van der Waals surface area contributed by atoms with Gasteiger partial charge in [0, 0.05) is 19.8 Å². The third kappa shape index (κ3) is 2.87. The van der Waals surface area contributed by atoms with Crippen LogP contribution in [0.25, 0.3) is 0 Å². The number of aromatic nitrogens is 2. The number of hydrogen-bond acceptors (Lipinski definition) is 4. The van der Waals surface area contributed by atoms with E-state index in [0.717, 1.165) is 28.5 Å². The van der Waals surface area contributed by atoms with Crippen LogP contribution >= 0.6 is 0 Å². The van der Waals surface area contributed by atoms with Crippen LogP contribution in [0.3, 0.4) is 0 Å². The van der Waals surface area contributed by atoms with Gasteiger partial charge in [0.15, 0.2) is 0 Å². The fraction of sp³-hybridized carbons (Fsp3) is 0.684. The van der Waals surface area contributed by atoms with Crippen molar-refractivity contribution in [2.45, 2.75) is 45.1 Å². The van der Waals surface area contributed by atoms with E-state index in [1.165, 1.54) is 38.5 Å². The highest BCUT2D eigenvalue weighted by molar-refractivity contribution is 5.75. The molecule has 0 aliphatic heterocycles. The number of rotatable bonds is 4. The van der Waals surface area contributed by atoms with Crippen LogP contribution in [0, 0.1) is 34.5 Å². The van der Waals surface area contributed by atoms with Gasteiger partial charge in [-0.15, -0.1) is 0 Å². The SMILES string of the molecule is CN(CC12CC3CC(CC(C3)C1)C2)C(=O)Cn1c(=O)[nH]cc(C#N)c1=O. The summed E-state index contributed by atoms with van der Waals surface area (Å²) in [5, 5.41) is 8.94. The van der Waals surface area contributed by atoms with Gasteiger partial charge in [-0.1, -0.05) is 0 Å². The van der Waals surface area contributed by atoms with Gasteiger partial charge in [-0.3, -0.25) is 9.59 Å². The lowest BCUT2D eigenvalue weighted by molar-refractivity contribution is -0.136. The monoisotopic (exact) mass is 356 g/mol. The van der Waals surface area contributed by atoms with Crippen molar-refractivity contribution >= 4 is 5.91 Å². The molecule has 4 saturated carbocycles. The average Bonchev–Trinajstić information content (AvgIpc) is 2.57. The summed E-state index contributed by atoms with van der Waals surface area (Å²) in [5.74, 6) is 2.16. The first-order valence-corrected chi connectivity index (χ1v) is 9.36. The Kier molecular flexibility index (Phi) is 4.02. The first-order chi connectivity index (χ1) is 12.4. The molecule has 0 unspecified atom stereocenters. The molecule has 7 heteroatoms. The molecule has 4 bridgehead atoms. The second-order valence-corrected chi connectivity index (χ2v) is 8.68. The lowest BCUT2D eigenvalue weighted by atomic mass is 9.49. The van der Waals surface area contributed by atoms with Gasteiger partial charge in [0.1, 0.15) is 18.2 Å². The molecular formula is C19H24N4O3. The molecule has 0 spiro atoms. The van der Waals surface area contributed by atoms with Crippen molar-refractivity contribution in [3.05, 3.63) is 32.6 Å². The molecule has 4 fully saturated rings. The number of carbonyl (C=O) groups excluding carboxylic acids is 1. The summed E-state index contributed by atoms with van der Waals surface area (Å²) in [6, 6.07) is 1.74. The Morgan fingerprint density at radius 3 is 2.38 bits per heavy atom. The van der Waals surface area contributed by atoms with E-state index in [4.69, 9.17) is 5.26 Å². The quantitative estimate of drug-likeness (QED) is 0.873. The summed E-state index contributed by atoms with van der Waals surface area (Å²) in [7, 11) is 1.76. The maximum Gasteiger partial charge on any atom is 0.328 e. The van der Waals surface area contributed by atoms with Crippen molar-refractivity contribution in [3.8, 4) is 6.07 Å². The Labute approximate surface area is 151 Å². The molecule has 0 atom stereocenters. The molecule has 4 aliphatic rings. The molecule has 1 aromatic rings. The number of nitrogens with one attached hydrogen (secondary N) is 1. The minimum Gasteiger partial charge on any atom is -0.344 e. The zero-order valence-electron chi connectivity index (χ0n) is 15.0. The maximum absolute atomic E-state index is 12.7. The van der Waals surface area contributed by atoms with Gasteiger partial charge >= 0.3 is 5.69 Å². The van der Waals surface area contributed by atoms with Crippen molar-refractivity contribution in [3.63, 3.8) is 0 Å². The maximum atomic E-state index is 12.7. The van der Waals surface area contributed by atoms with Crippen LogP contribution in [0.1, 0.15) is 44.1 Å². The minimum absolute atomic E-state index is 0.166.